The third-order valence-electron chi connectivity index (χ3n) is 4.53. The molecule has 2 aromatic carbocycles. The number of rotatable bonds is 3. The fourth-order valence-electron chi connectivity index (χ4n) is 3.30. The molecule has 1 atom stereocenters. The number of anilines is 1. The highest BCUT2D eigenvalue weighted by Gasteiger charge is 2.36. The Kier molecular flexibility index (Phi) is 5.68. The maximum Gasteiger partial charge on any atom is 0.410 e. The Labute approximate surface area is 164 Å². The predicted octanol–water partition coefficient (Wildman–Crippen LogP) is 4.83. The lowest BCUT2D eigenvalue weighted by Gasteiger charge is -2.28. The molecule has 5 nitrogen and oxygen atoms in total. The SMILES string of the molecule is CC(C)(C)OC(=O)N1CCC[C@H]1C(=O)Nc1ccccc1-c1ccccc1F. The van der Waals surface area contributed by atoms with E-state index in [9.17, 15) is 14.0 Å². The second-order valence-electron chi connectivity index (χ2n) is 7.85. The van der Waals surface area contributed by atoms with E-state index in [-0.39, 0.29) is 11.7 Å². The first-order valence-corrected chi connectivity index (χ1v) is 9.41. The van der Waals surface area contributed by atoms with Crippen LogP contribution in [0, 0.1) is 5.82 Å². The van der Waals surface area contributed by atoms with Crippen molar-refractivity contribution in [1.82, 2.24) is 4.90 Å². The number of benzene rings is 2. The molecule has 1 N–H and O–H groups in total. The normalized spacial score (nSPS) is 16.7. The van der Waals surface area contributed by atoms with Gasteiger partial charge in [-0.25, -0.2) is 9.18 Å². The van der Waals surface area contributed by atoms with Crippen molar-refractivity contribution in [3.8, 4) is 11.1 Å². The van der Waals surface area contributed by atoms with Crippen LogP contribution in [0.3, 0.4) is 0 Å². The van der Waals surface area contributed by atoms with Crippen molar-refractivity contribution >= 4 is 17.7 Å². The second kappa shape index (κ2) is 8.00. The van der Waals surface area contributed by atoms with Gasteiger partial charge in [0.2, 0.25) is 5.91 Å². The average Bonchev–Trinajstić information content (AvgIpc) is 3.11. The number of carbonyl (C=O) groups is 2. The molecule has 0 unspecified atom stereocenters. The number of carbonyl (C=O) groups excluding carboxylic acids is 2. The molecular weight excluding hydrogens is 359 g/mol. The van der Waals surface area contributed by atoms with Gasteiger partial charge in [0.15, 0.2) is 0 Å². The Morgan fingerprint density at radius 2 is 1.71 bits per heavy atom. The molecule has 0 aliphatic carbocycles. The Morgan fingerprint density at radius 3 is 2.39 bits per heavy atom. The maximum absolute atomic E-state index is 14.2. The summed E-state index contributed by atoms with van der Waals surface area (Å²) in [6.45, 7) is 5.85. The van der Waals surface area contributed by atoms with Crippen LogP contribution in [0.5, 0.6) is 0 Å². The Balaban J connectivity index is 1.80. The molecule has 148 valence electrons. The van der Waals surface area contributed by atoms with Gasteiger partial charge in [0.1, 0.15) is 17.5 Å². The number of halogens is 1. The zero-order chi connectivity index (χ0) is 20.3. The largest absolute Gasteiger partial charge is 0.444 e. The van der Waals surface area contributed by atoms with Crippen LogP contribution >= 0.6 is 0 Å². The second-order valence-corrected chi connectivity index (χ2v) is 7.85. The smallest absolute Gasteiger partial charge is 0.410 e. The molecule has 0 bridgehead atoms. The molecule has 3 rings (SSSR count). The third-order valence-corrected chi connectivity index (χ3v) is 4.53. The molecule has 28 heavy (non-hydrogen) atoms. The van der Waals surface area contributed by atoms with Crippen LogP contribution in [0.1, 0.15) is 33.6 Å². The van der Waals surface area contributed by atoms with E-state index >= 15 is 0 Å². The number of likely N-dealkylation sites (tertiary alicyclic amines) is 1. The molecule has 6 heteroatoms. The first kappa shape index (κ1) is 19.9. The van der Waals surface area contributed by atoms with Crippen LogP contribution < -0.4 is 5.32 Å². The molecule has 1 fully saturated rings. The van der Waals surface area contributed by atoms with Gasteiger partial charge in [-0.15, -0.1) is 0 Å². The Bertz CT molecular complexity index is 876. The maximum atomic E-state index is 14.2. The van der Waals surface area contributed by atoms with Crippen molar-refractivity contribution in [3.05, 3.63) is 54.3 Å². The molecule has 1 heterocycles. The zero-order valence-electron chi connectivity index (χ0n) is 16.4. The van der Waals surface area contributed by atoms with Gasteiger partial charge in [0.25, 0.3) is 0 Å². The van der Waals surface area contributed by atoms with Gasteiger partial charge in [-0.2, -0.15) is 0 Å². The highest BCUT2D eigenvalue weighted by Crippen LogP contribution is 2.31. The Hall–Kier alpha value is -2.89. The minimum Gasteiger partial charge on any atom is -0.444 e. The first-order chi connectivity index (χ1) is 13.3. The minimum absolute atomic E-state index is 0.299. The summed E-state index contributed by atoms with van der Waals surface area (Å²) >= 11 is 0. The standard InChI is InChI=1S/C22H25FN2O3/c1-22(2,3)28-21(27)25-14-8-13-19(25)20(26)24-18-12-7-5-10-16(18)15-9-4-6-11-17(15)23/h4-7,9-12,19H,8,13-14H2,1-3H3,(H,24,26)/t19-/m0/s1. The van der Waals surface area contributed by atoms with E-state index in [0.717, 1.165) is 6.42 Å². The van der Waals surface area contributed by atoms with E-state index in [0.29, 0.717) is 29.8 Å². The predicted molar refractivity (Wildman–Crippen MR) is 106 cm³/mol. The molecule has 0 saturated carbocycles. The lowest BCUT2D eigenvalue weighted by atomic mass is 10.0. The summed E-state index contributed by atoms with van der Waals surface area (Å²) < 4.78 is 19.7. The van der Waals surface area contributed by atoms with Crippen molar-refractivity contribution in [1.29, 1.82) is 0 Å². The van der Waals surface area contributed by atoms with Gasteiger partial charge in [-0.3, -0.25) is 9.69 Å². The van der Waals surface area contributed by atoms with E-state index < -0.39 is 17.7 Å². The van der Waals surface area contributed by atoms with Gasteiger partial charge >= 0.3 is 6.09 Å². The quantitative estimate of drug-likeness (QED) is 0.824. The van der Waals surface area contributed by atoms with Crippen molar-refractivity contribution in [2.24, 2.45) is 0 Å². The van der Waals surface area contributed by atoms with E-state index in [1.807, 2.05) is 0 Å². The van der Waals surface area contributed by atoms with Gasteiger partial charge in [-0.05, 0) is 45.7 Å². The van der Waals surface area contributed by atoms with E-state index in [2.05, 4.69) is 5.32 Å². The lowest BCUT2D eigenvalue weighted by Crippen LogP contribution is -2.45. The molecule has 0 aromatic heterocycles. The van der Waals surface area contributed by atoms with Crippen LogP contribution in [0.25, 0.3) is 11.1 Å². The van der Waals surface area contributed by atoms with Gasteiger partial charge in [0, 0.05) is 23.4 Å². The average molecular weight is 384 g/mol. The monoisotopic (exact) mass is 384 g/mol. The molecular formula is C22H25FN2O3. The number of nitrogens with one attached hydrogen (secondary N) is 1. The van der Waals surface area contributed by atoms with Gasteiger partial charge in [0.05, 0.1) is 0 Å². The van der Waals surface area contributed by atoms with E-state index in [4.69, 9.17) is 4.74 Å². The van der Waals surface area contributed by atoms with Crippen molar-refractivity contribution in [3.63, 3.8) is 0 Å². The molecule has 1 aliphatic heterocycles. The highest BCUT2D eigenvalue weighted by atomic mass is 19.1. The summed E-state index contributed by atoms with van der Waals surface area (Å²) in [5.74, 6) is -0.660. The molecule has 1 saturated heterocycles. The van der Waals surface area contributed by atoms with Crippen molar-refractivity contribution in [2.45, 2.75) is 45.3 Å². The van der Waals surface area contributed by atoms with Gasteiger partial charge in [-0.1, -0.05) is 36.4 Å². The zero-order valence-corrected chi connectivity index (χ0v) is 16.4. The van der Waals surface area contributed by atoms with Crippen LogP contribution in [0.4, 0.5) is 14.9 Å². The van der Waals surface area contributed by atoms with Gasteiger partial charge < -0.3 is 10.1 Å². The first-order valence-electron chi connectivity index (χ1n) is 9.41. The number of nitrogens with zero attached hydrogens (tertiary/aromatic N) is 1. The summed E-state index contributed by atoms with van der Waals surface area (Å²) in [5, 5.41) is 2.87. The van der Waals surface area contributed by atoms with Crippen LogP contribution in [-0.2, 0) is 9.53 Å². The molecule has 2 amide bonds. The number of hydrogen-bond acceptors (Lipinski definition) is 3. The molecule has 0 radical (unpaired) electrons. The summed E-state index contributed by atoms with van der Waals surface area (Å²) in [5.41, 5.74) is 0.885. The molecule has 1 aliphatic rings. The van der Waals surface area contributed by atoms with Crippen LogP contribution in [-0.4, -0.2) is 35.1 Å². The van der Waals surface area contributed by atoms with Crippen LogP contribution in [0.15, 0.2) is 48.5 Å². The topological polar surface area (TPSA) is 58.6 Å². The molecule has 0 spiro atoms. The fourth-order valence-corrected chi connectivity index (χ4v) is 3.30. The van der Waals surface area contributed by atoms with Crippen molar-refractivity contribution < 1.29 is 18.7 Å². The van der Waals surface area contributed by atoms with Crippen LogP contribution in [0.2, 0.25) is 0 Å². The fraction of sp³-hybridized carbons (Fsp3) is 0.364. The van der Waals surface area contributed by atoms with E-state index in [1.54, 1.807) is 63.2 Å². The Morgan fingerprint density at radius 1 is 1.07 bits per heavy atom. The number of hydrogen-bond donors (Lipinski definition) is 1. The van der Waals surface area contributed by atoms with E-state index in [1.165, 1.54) is 11.0 Å². The minimum atomic E-state index is -0.627. The summed E-state index contributed by atoms with van der Waals surface area (Å²) in [6.07, 6.45) is 0.798. The summed E-state index contributed by atoms with van der Waals surface area (Å²) in [6, 6.07) is 12.9. The summed E-state index contributed by atoms with van der Waals surface area (Å²) in [7, 11) is 0. The summed E-state index contributed by atoms with van der Waals surface area (Å²) in [4.78, 5) is 26.8. The number of amides is 2. The number of ether oxygens (including phenoxy) is 1. The lowest BCUT2D eigenvalue weighted by molar-refractivity contribution is -0.120. The molecule has 2 aromatic rings. The van der Waals surface area contributed by atoms with Crippen molar-refractivity contribution in [2.75, 3.05) is 11.9 Å². The highest BCUT2D eigenvalue weighted by molar-refractivity contribution is 6.00. The third kappa shape index (κ3) is 4.50. The number of para-hydroxylation sites is 1.